The average molecular weight is 534 g/mol. The molecule has 3 amide bonds. The number of nitrogens with one attached hydrogen (secondary N) is 1. The maximum Gasteiger partial charge on any atom is 0.243 e. The molecule has 2 heterocycles. The van der Waals surface area contributed by atoms with Gasteiger partial charge in [0.25, 0.3) is 0 Å². The topological polar surface area (TPSA) is 69.7 Å². The van der Waals surface area contributed by atoms with E-state index in [-0.39, 0.29) is 42.0 Å². The Morgan fingerprint density at radius 2 is 1.64 bits per heavy atom. The summed E-state index contributed by atoms with van der Waals surface area (Å²) in [6.45, 7) is 7.02. The zero-order valence-electron chi connectivity index (χ0n) is 23.2. The molecule has 1 aliphatic carbocycles. The quantitative estimate of drug-likeness (QED) is 0.569. The number of alkyl halides is 1. The van der Waals surface area contributed by atoms with E-state index in [1.807, 2.05) is 47.4 Å². The van der Waals surface area contributed by atoms with Crippen LogP contribution in [-0.4, -0.2) is 59.4 Å². The van der Waals surface area contributed by atoms with E-state index in [9.17, 15) is 18.8 Å². The highest BCUT2D eigenvalue weighted by Gasteiger charge is 2.54. The van der Waals surface area contributed by atoms with Crippen LogP contribution in [-0.2, 0) is 14.4 Å². The van der Waals surface area contributed by atoms with Gasteiger partial charge in [0, 0.05) is 37.8 Å². The Morgan fingerprint density at radius 1 is 0.974 bits per heavy atom. The van der Waals surface area contributed by atoms with Crippen molar-refractivity contribution < 1.29 is 18.8 Å². The van der Waals surface area contributed by atoms with Crippen LogP contribution >= 0.6 is 0 Å². The third-order valence-corrected chi connectivity index (χ3v) is 9.23. The fourth-order valence-corrected chi connectivity index (χ4v) is 6.97. The van der Waals surface area contributed by atoms with E-state index in [4.69, 9.17) is 0 Å². The zero-order valence-corrected chi connectivity index (χ0v) is 23.2. The van der Waals surface area contributed by atoms with Gasteiger partial charge in [0.1, 0.15) is 12.2 Å². The monoisotopic (exact) mass is 533 g/mol. The van der Waals surface area contributed by atoms with Gasteiger partial charge in [-0.2, -0.15) is 0 Å². The van der Waals surface area contributed by atoms with Gasteiger partial charge in [0.15, 0.2) is 0 Å². The molecule has 1 spiro atoms. The van der Waals surface area contributed by atoms with Gasteiger partial charge in [-0.1, -0.05) is 74.9 Å². The summed E-state index contributed by atoms with van der Waals surface area (Å²) < 4.78 is 14.8. The SMILES string of the molecule is CC(=O)N1CCC2(CCCC2C(=O)N2CC(F)CC2C(=O)NC(c2ccccc2)c2ccc(C(C)C)cc2)C1. The summed E-state index contributed by atoms with van der Waals surface area (Å²) in [7, 11) is 0. The first-order valence-electron chi connectivity index (χ1n) is 14.3. The Hall–Kier alpha value is -3.22. The van der Waals surface area contributed by atoms with E-state index in [2.05, 4.69) is 31.3 Å². The van der Waals surface area contributed by atoms with E-state index in [0.717, 1.165) is 36.8 Å². The molecule has 0 bridgehead atoms. The molecular weight excluding hydrogens is 493 g/mol. The molecule has 5 unspecified atom stereocenters. The molecule has 1 N–H and O–H groups in total. The van der Waals surface area contributed by atoms with Gasteiger partial charge in [-0.05, 0) is 41.9 Å². The molecule has 7 heteroatoms. The molecule has 5 atom stereocenters. The van der Waals surface area contributed by atoms with Gasteiger partial charge in [-0.15, -0.1) is 0 Å². The molecule has 208 valence electrons. The molecule has 3 aliphatic rings. The summed E-state index contributed by atoms with van der Waals surface area (Å²) in [5.41, 5.74) is 2.83. The molecule has 5 rings (SSSR count). The van der Waals surface area contributed by atoms with Gasteiger partial charge < -0.3 is 15.1 Å². The Bertz CT molecular complexity index is 1200. The van der Waals surface area contributed by atoms with Gasteiger partial charge in [-0.3, -0.25) is 14.4 Å². The standard InChI is InChI=1S/C32H40FN3O3/c1-21(2)23-11-13-25(14-12-23)29(24-8-5-4-6-9-24)34-30(38)28-18-26(33)19-36(28)31(39)27-10-7-15-32(27)16-17-35(20-32)22(3)37/h4-6,8-9,11-14,21,26-29H,7,10,15-20H2,1-3H3,(H,34,38). The molecule has 2 saturated heterocycles. The fraction of sp³-hybridized carbons (Fsp3) is 0.531. The van der Waals surface area contributed by atoms with Crippen LogP contribution in [0.3, 0.4) is 0 Å². The van der Waals surface area contributed by atoms with Crippen LogP contribution in [0.2, 0.25) is 0 Å². The van der Waals surface area contributed by atoms with E-state index >= 15 is 0 Å². The van der Waals surface area contributed by atoms with Crippen molar-refractivity contribution in [3.63, 3.8) is 0 Å². The summed E-state index contributed by atoms with van der Waals surface area (Å²) in [5, 5.41) is 3.17. The first-order valence-corrected chi connectivity index (χ1v) is 14.3. The van der Waals surface area contributed by atoms with Crippen LogP contribution < -0.4 is 5.32 Å². The molecular formula is C32H40FN3O3. The summed E-state index contributed by atoms with van der Waals surface area (Å²) in [4.78, 5) is 43.1. The molecule has 3 fully saturated rings. The lowest BCUT2D eigenvalue weighted by Crippen LogP contribution is -2.51. The Morgan fingerprint density at radius 3 is 2.28 bits per heavy atom. The van der Waals surface area contributed by atoms with Crippen LogP contribution in [0.1, 0.15) is 81.5 Å². The highest BCUT2D eigenvalue weighted by atomic mass is 19.1. The van der Waals surface area contributed by atoms with Crippen molar-refractivity contribution >= 4 is 17.7 Å². The number of benzene rings is 2. The number of rotatable bonds is 6. The smallest absolute Gasteiger partial charge is 0.243 e. The van der Waals surface area contributed by atoms with Gasteiger partial charge >= 0.3 is 0 Å². The lowest BCUT2D eigenvalue weighted by atomic mass is 9.76. The molecule has 1 saturated carbocycles. The second kappa shape index (κ2) is 11.1. The molecule has 0 aromatic heterocycles. The van der Waals surface area contributed by atoms with Crippen molar-refractivity contribution in [2.24, 2.45) is 11.3 Å². The number of likely N-dealkylation sites (tertiary alicyclic amines) is 2. The van der Waals surface area contributed by atoms with Gasteiger partial charge in [-0.25, -0.2) is 4.39 Å². The summed E-state index contributed by atoms with van der Waals surface area (Å²) in [5.74, 6) is -0.314. The highest BCUT2D eigenvalue weighted by molar-refractivity contribution is 5.90. The number of hydrogen-bond donors (Lipinski definition) is 1. The van der Waals surface area contributed by atoms with Gasteiger partial charge in [0.2, 0.25) is 17.7 Å². The van der Waals surface area contributed by atoms with Crippen molar-refractivity contribution in [2.45, 2.75) is 77.0 Å². The number of nitrogens with zero attached hydrogens (tertiary/aromatic N) is 2. The number of hydrogen-bond acceptors (Lipinski definition) is 3. The normalized spacial score (nSPS) is 27.4. The lowest BCUT2D eigenvalue weighted by molar-refractivity contribution is -0.144. The van der Waals surface area contributed by atoms with Crippen molar-refractivity contribution in [1.82, 2.24) is 15.1 Å². The molecule has 2 aliphatic heterocycles. The Kier molecular flexibility index (Phi) is 7.79. The molecule has 6 nitrogen and oxygen atoms in total. The summed E-state index contributed by atoms with van der Waals surface area (Å²) in [6.07, 6.45) is 2.08. The zero-order chi connectivity index (χ0) is 27.7. The maximum atomic E-state index is 14.8. The van der Waals surface area contributed by atoms with Crippen LogP contribution in [0, 0.1) is 11.3 Å². The second-order valence-electron chi connectivity index (χ2n) is 12.0. The largest absolute Gasteiger partial charge is 0.343 e. The van der Waals surface area contributed by atoms with Crippen LogP contribution in [0.4, 0.5) is 4.39 Å². The third kappa shape index (κ3) is 5.45. The van der Waals surface area contributed by atoms with E-state index in [1.54, 1.807) is 6.92 Å². The summed E-state index contributed by atoms with van der Waals surface area (Å²) in [6, 6.07) is 16.7. The first-order chi connectivity index (χ1) is 18.7. The van der Waals surface area contributed by atoms with Crippen LogP contribution in [0.25, 0.3) is 0 Å². The van der Waals surface area contributed by atoms with Crippen LogP contribution in [0.15, 0.2) is 54.6 Å². The molecule has 2 aromatic rings. The Labute approximate surface area is 230 Å². The minimum atomic E-state index is -1.24. The lowest BCUT2D eigenvalue weighted by Gasteiger charge is -2.35. The first kappa shape index (κ1) is 27.4. The van der Waals surface area contributed by atoms with Gasteiger partial charge in [0.05, 0.1) is 12.6 Å². The number of halogens is 1. The second-order valence-corrected chi connectivity index (χ2v) is 12.0. The van der Waals surface area contributed by atoms with E-state index in [0.29, 0.717) is 19.0 Å². The predicted octanol–water partition coefficient (Wildman–Crippen LogP) is 4.99. The van der Waals surface area contributed by atoms with Crippen molar-refractivity contribution in [2.75, 3.05) is 19.6 Å². The predicted molar refractivity (Wildman–Crippen MR) is 149 cm³/mol. The summed E-state index contributed by atoms with van der Waals surface area (Å²) >= 11 is 0. The minimum Gasteiger partial charge on any atom is -0.343 e. The highest BCUT2D eigenvalue weighted by Crippen LogP contribution is 2.51. The van der Waals surface area contributed by atoms with Crippen LogP contribution in [0.5, 0.6) is 0 Å². The van der Waals surface area contributed by atoms with Crippen molar-refractivity contribution in [3.05, 3.63) is 71.3 Å². The molecule has 39 heavy (non-hydrogen) atoms. The van der Waals surface area contributed by atoms with Crippen molar-refractivity contribution in [3.8, 4) is 0 Å². The van der Waals surface area contributed by atoms with E-state index in [1.165, 1.54) is 10.5 Å². The fourth-order valence-electron chi connectivity index (χ4n) is 6.97. The van der Waals surface area contributed by atoms with E-state index < -0.39 is 18.3 Å². The number of amides is 3. The van der Waals surface area contributed by atoms with Crippen molar-refractivity contribution in [1.29, 1.82) is 0 Å². The molecule has 0 radical (unpaired) electrons. The third-order valence-electron chi connectivity index (χ3n) is 9.23. The Balaban J connectivity index is 1.37. The number of carbonyl (C=O) groups is 3. The minimum absolute atomic E-state index is 0.00462. The molecule has 2 aromatic carbocycles. The number of carbonyl (C=O) groups excluding carboxylic acids is 3. The maximum absolute atomic E-state index is 14.8. The average Bonchev–Trinajstić information content (AvgIpc) is 3.66.